The Kier molecular flexibility index (Phi) is 4.86. The summed E-state index contributed by atoms with van der Waals surface area (Å²) in [5, 5.41) is 30.0. The van der Waals surface area contributed by atoms with Crippen LogP contribution in [0.25, 0.3) is 0 Å². The lowest BCUT2D eigenvalue weighted by molar-refractivity contribution is -0.138. The van der Waals surface area contributed by atoms with Gasteiger partial charge in [-0.3, -0.25) is 9.59 Å². The Labute approximate surface area is 168 Å². The average Bonchev–Trinajstić information content (AvgIpc) is 2.97. The molecular formula is C21H27NO5S. The number of aliphatic carboxylic acids is 1. The number of hydrogen-bond donors (Lipinski definition) is 4. The number of hydrogen-bond acceptors (Lipinski definition) is 6. The van der Waals surface area contributed by atoms with Gasteiger partial charge in [-0.25, -0.2) is 0 Å². The van der Waals surface area contributed by atoms with Crippen LogP contribution in [-0.2, 0) is 16.0 Å². The van der Waals surface area contributed by atoms with Crippen molar-refractivity contribution in [2.45, 2.75) is 62.3 Å². The number of aromatic hydroxyl groups is 2. The molecule has 0 bridgehead atoms. The van der Waals surface area contributed by atoms with Gasteiger partial charge in [-0.05, 0) is 61.5 Å². The molecular weight excluding hydrogens is 378 g/mol. The number of thioether (sulfide) groups is 1. The maximum Gasteiger partial charge on any atom is 0.321 e. The molecule has 5 atom stereocenters. The molecule has 0 aliphatic heterocycles. The Morgan fingerprint density at radius 1 is 1.29 bits per heavy atom. The van der Waals surface area contributed by atoms with Gasteiger partial charge in [-0.2, -0.15) is 0 Å². The van der Waals surface area contributed by atoms with Gasteiger partial charge in [0, 0.05) is 23.2 Å². The van der Waals surface area contributed by atoms with E-state index in [2.05, 4.69) is 6.92 Å². The number of carboxylic acid groups (broad SMARTS) is 1. The molecule has 0 heterocycles. The molecule has 0 unspecified atom stereocenters. The summed E-state index contributed by atoms with van der Waals surface area (Å²) in [6.45, 7) is 2.13. The summed E-state index contributed by atoms with van der Waals surface area (Å²) in [4.78, 5) is 23.9. The Bertz CT molecular complexity index is 841. The maximum absolute atomic E-state index is 12.5. The maximum atomic E-state index is 12.5. The van der Waals surface area contributed by atoms with Crippen molar-refractivity contribution in [1.82, 2.24) is 0 Å². The Morgan fingerprint density at radius 3 is 2.75 bits per heavy atom. The first-order chi connectivity index (χ1) is 13.2. The normalized spacial score (nSPS) is 32.4. The van der Waals surface area contributed by atoms with E-state index in [-0.39, 0.29) is 28.6 Å². The molecule has 152 valence electrons. The minimum Gasteiger partial charge on any atom is -0.504 e. The molecule has 0 spiro atoms. The van der Waals surface area contributed by atoms with Gasteiger partial charge in [0.25, 0.3) is 0 Å². The number of fused-ring (bicyclic) bond motifs is 5. The van der Waals surface area contributed by atoms with Crippen molar-refractivity contribution in [2.24, 2.45) is 23.0 Å². The molecule has 1 aromatic carbocycles. The summed E-state index contributed by atoms with van der Waals surface area (Å²) < 4.78 is 0. The zero-order valence-corrected chi connectivity index (χ0v) is 16.8. The van der Waals surface area contributed by atoms with Gasteiger partial charge < -0.3 is 21.1 Å². The predicted molar refractivity (Wildman–Crippen MR) is 106 cm³/mol. The lowest BCUT2D eigenvalue weighted by Gasteiger charge is -2.48. The fraction of sp³-hybridized carbons (Fsp3) is 0.619. The van der Waals surface area contributed by atoms with E-state index in [1.165, 1.54) is 0 Å². The number of nitrogens with two attached hydrogens (primary N) is 1. The Hall–Kier alpha value is -1.73. The van der Waals surface area contributed by atoms with Crippen molar-refractivity contribution < 1.29 is 24.9 Å². The van der Waals surface area contributed by atoms with Crippen LogP contribution in [0.1, 0.15) is 56.1 Å². The number of carbonyl (C=O) groups is 2. The van der Waals surface area contributed by atoms with Crippen LogP contribution >= 0.6 is 11.8 Å². The average molecular weight is 406 g/mol. The van der Waals surface area contributed by atoms with Crippen molar-refractivity contribution in [3.63, 3.8) is 0 Å². The molecule has 2 saturated carbocycles. The summed E-state index contributed by atoms with van der Waals surface area (Å²) in [5.74, 6) is 0.229. The van der Waals surface area contributed by atoms with Crippen LogP contribution in [0.4, 0.5) is 0 Å². The molecule has 4 rings (SSSR count). The Balaban J connectivity index is 1.66. The lowest BCUT2D eigenvalue weighted by Crippen LogP contribution is -2.42. The van der Waals surface area contributed by atoms with Crippen LogP contribution < -0.4 is 5.73 Å². The van der Waals surface area contributed by atoms with Crippen LogP contribution in [0.15, 0.2) is 11.0 Å². The summed E-state index contributed by atoms with van der Waals surface area (Å²) in [7, 11) is 0. The van der Waals surface area contributed by atoms with Crippen LogP contribution in [0.3, 0.4) is 0 Å². The lowest BCUT2D eigenvalue weighted by atomic mass is 9.55. The number of Topliss-reactive ketones (excluding diaryl/α,β-unsaturated/α-hetero) is 1. The summed E-state index contributed by atoms with van der Waals surface area (Å²) in [5.41, 5.74) is 7.24. The molecule has 0 amide bonds. The highest BCUT2D eigenvalue weighted by Crippen LogP contribution is 2.61. The molecule has 0 aromatic heterocycles. The third-order valence-corrected chi connectivity index (χ3v) is 8.54. The first-order valence-corrected chi connectivity index (χ1v) is 10.9. The van der Waals surface area contributed by atoms with E-state index >= 15 is 0 Å². The van der Waals surface area contributed by atoms with Gasteiger partial charge in [0.2, 0.25) is 0 Å². The minimum absolute atomic E-state index is 0.0850. The van der Waals surface area contributed by atoms with Gasteiger partial charge in [0.1, 0.15) is 11.8 Å². The van der Waals surface area contributed by atoms with E-state index in [0.717, 1.165) is 48.6 Å². The Morgan fingerprint density at radius 2 is 2.04 bits per heavy atom. The monoisotopic (exact) mass is 405 g/mol. The van der Waals surface area contributed by atoms with E-state index in [0.29, 0.717) is 35.4 Å². The quantitative estimate of drug-likeness (QED) is 0.449. The van der Waals surface area contributed by atoms with Crippen molar-refractivity contribution in [1.29, 1.82) is 0 Å². The molecule has 1 aromatic rings. The van der Waals surface area contributed by atoms with Gasteiger partial charge in [0.15, 0.2) is 11.5 Å². The van der Waals surface area contributed by atoms with Crippen molar-refractivity contribution in [3.05, 3.63) is 17.2 Å². The largest absolute Gasteiger partial charge is 0.504 e. The van der Waals surface area contributed by atoms with E-state index < -0.39 is 12.0 Å². The molecule has 5 N–H and O–H groups in total. The number of phenolic OH excluding ortho intramolecular Hbond substituents is 2. The number of ketones is 1. The third-order valence-electron chi connectivity index (χ3n) is 7.39. The molecule has 7 heteroatoms. The zero-order chi connectivity index (χ0) is 20.2. The van der Waals surface area contributed by atoms with Crippen LogP contribution in [0.5, 0.6) is 11.5 Å². The van der Waals surface area contributed by atoms with Crippen LogP contribution in [0.2, 0.25) is 0 Å². The standard InChI is InChI=1S/C21H27NO5S/c1-21-7-6-10-11(14(21)4-5-17(21)23)2-3-12-13(10)8-16(19(25)18(12)24)28-9-15(22)20(26)27/h8,10-11,14-15,24-25H,2-7,9,22H2,1H3,(H,26,27)/t10-,11+,14-,15+,21-/m0/s1. The molecule has 28 heavy (non-hydrogen) atoms. The summed E-state index contributed by atoms with van der Waals surface area (Å²) in [6, 6.07) is 0.884. The predicted octanol–water partition coefficient (Wildman–Crippen LogP) is 3.03. The smallest absolute Gasteiger partial charge is 0.321 e. The molecule has 0 radical (unpaired) electrons. The number of carboxylic acids is 1. The molecule has 2 fully saturated rings. The van der Waals surface area contributed by atoms with E-state index in [4.69, 9.17) is 10.8 Å². The second-order valence-electron chi connectivity index (χ2n) is 8.73. The number of carbonyl (C=O) groups excluding carboxylic acids is 1. The highest BCUT2D eigenvalue weighted by Gasteiger charge is 2.54. The molecule has 3 aliphatic rings. The molecule has 3 aliphatic carbocycles. The molecule has 0 saturated heterocycles. The second kappa shape index (κ2) is 6.95. The first-order valence-electron chi connectivity index (χ1n) is 9.96. The van der Waals surface area contributed by atoms with Crippen molar-refractivity contribution in [2.75, 3.05) is 5.75 Å². The number of phenols is 2. The van der Waals surface area contributed by atoms with Gasteiger partial charge >= 0.3 is 5.97 Å². The highest BCUT2D eigenvalue weighted by atomic mass is 32.2. The fourth-order valence-electron chi connectivity index (χ4n) is 5.81. The van der Waals surface area contributed by atoms with Crippen molar-refractivity contribution >= 4 is 23.5 Å². The van der Waals surface area contributed by atoms with E-state index in [9.17, 15) is 19.8 Å². The van der Waals surface area contributed by atoms with E-state index in [1.54, 1.807) is 0 Å². The number of rotatable bonds is 4. The van der Waals surface area contributed by atoms with Gasteiger partial charge in [0.05, 0.1) is 4.90 Å². The summed E-state index contributed by atoms with van der Waals surface area (Å²) in [6.07, 6.45) is 5.01. The van der Waals surface area contributed by atoms with Crippen molar-refractivity contribution in [3.8, 4) is 11.5 Å². The third kappa shape index (κ3) is 2.90. The van der Waals surface area contributed by atoms with Gasteiger partial charge in [-0.1, -0.05) is 6.92 Å². The van der Waals surface area contributed by atoms with Crippen LogP contribution in [0, 0.1) is 17.3 Å². The first kappa shape index (κ1) is 19.6. The van der Waals surface area contributed by atoms with E-state index in [1.807, 2.05) is 6.07 Å². The topological polar surface area (TPSA) is 121 Å². The highest BCUT2D eigenvalue weighted by molar-refractivity contribution is 7.99. The fourth-order valence-corrected chi connectivity index (χ4v) is 6.75. The zero-order valence-electron chi connectivity index (χ0n) is 16.0. The second-order valence-corrected chi connectivity index (χ2v) is 9.79. The number of benzene rings is 1. The summed E-state index contributed by atoms with van der Waals surface area (Å²) >= 11 is 1.16. The minimum atomic E-state index is -1.09. The molecule has 6 nitrogen and oxygen atoms in total. The SMILES string of the molecule is C[C@]12CC[C@@H]3c4cc(SC[C@@H](N)C(=O)O)c(O)c(O)c4CC[C@H]3[C@@H]1CCC2=O. The van der Waals surface area contributed by atoms with Gasteiger partial charge in [-0.15, -0.1) is 11.8 Å². The van der Waals surface area contributed by atoms with Crippen LogP contribution in [-0.4, -0.2) is 38.9 Å².